The monoisotopic (exact) mass is 327 g/mol. The number of phenols is 1. The maximum absolute atomic E-state index is 12.1. The van der Waals surface area contributed by atoms with Crippen LogP contribution in [0.4, 0.5) is 0 Å². The van der Waals surface area contributed by atoms with Gasteiger partial charge in [0.25, 0.3) is 0 Å². The summed E-state index contributed by atoms with van der Waals surface area (Å²) in [5, 5.41) is 9.79. The highest BCUT2D eigenvalue weighted by Crippen LogP contribution is 2.21. The summed E-state index contributed by atoms with van der Waals surface area (Å²) in [5.41, 5.74) is 8.49. The maximum Gasteiger partial charge on any atom is 0.323 e. The van der Waals surface area contributed by atoms with Crippen molar-refractivity contribution in [3.8, 4) is 5.75 Å². The van der Waals surface area contributed by atoms with E-state index in [9.17, 15) is 9.90 Å². The minimum atomic E-state index is -0.733. The number of aromatic hydroxyl groups is 1. The zero-order valence-corrected chi connectivity index (χ0v) is 14.5. The molecule has 0 radical (unpaired) electrons. The van der Waals surface area contributed by atoms with Gasteiger partial charge in [-0.25, -0.2) is 0 Å². The Morgan fingerprint density at radius 1 is 1.12 bits per heavy atom. The number of hydrogen-bond donors (Lipinski definition) is 2. The molecule has 24 heavy (non-hydrogen) atoms. The number of carbonyl (C=O) groups excluding carboxylic acids is 1. The predicted octanol–water partition coefficient (Wildman–Crippen LogP) is 3.19. The minimum absolute atomic E-state index is 0.204. The van der Waals surface area contributed by atoms with E-state index < -0.39 is 17.6 Å². The fourth-order valence-corrected chi connectivity index (χ4v) is 2.49. The van der Waals surface area contributed by atoms with Crippen molar-refractivity contribution in [1.29, 1.82) is 0 Å². The molecule has 0 aliphatic carbocycles. The summed E-state index contributed by atoms with van der Waals surface area (Å²) in [6.45, 7) is 5.46. The number of carbonyl (C=O) groups is 1. The molecule has 2 aromatic rings. The van der Waals surface area contributed by atoms with Gasteiger partial charge in [0.05, 0.1) is 0 Å². The van der Waals surface area contributed by atoms with Crippen LogP contribution in [0.2, 0.25) is 0 Å². The molecule has 2 rings (SSSR count). The molecule has 2 aromatic carbocycles. The van der Waals surface area contributed by atoms with Gasteiger partial charge in [0, 0.05) is 0 Å². The molecule has 0 unspecified atom stereocenters. The lowest BCUT2D eigenvalue weighted by Gasteiger charge is -2.22. The third-order valence-electron chi connectivity index (χ3n) is 3.58. The first-order chi connectivity index (χ1) is 11.2. The molecule has 0 bridgehead atoms. The fourth-order valence-electron chi connectivity index (χ4n) is 2.49. The van der Waals surface area contributed by atoms with Crippen LogP contribution in [-0.2, 0) is 22.4 Å². The van der Waals surface area contributed by atoms with E-state index in [-0.39, 0.29) is 5.75 Å². The van der Waals surface area contributed by atoms with Gasteiger partial charge >= 0.3 is 5.97 Å². The molecule has 4 heteroatoms. The molecule has 4 nitrogen and oxygen atoms in total. The van der Waals surface area contributed by atoms with E-state index in [4.69, 9.17) is 10.5 Å². The Balaban J connectivity index is 2.16. The van der Waals surface area contributed by atoms with Gasteiger partial charge in [-0.2, -0.15) is 0 Å². The molecule has 0 aliphatic rings. The van der Waals surface area contributed by atoms with Crippen molar-refractivity contribution in [2.24, 2.45) is 5.73 Å². The van der Waals surface area contributed by atoms with E-state index in [1.54, 1.807) is 12.1 Å². The second-order valence-corrected chi connectivity index (χ2v) is 6.96. The van der Waals surface area contributed by atoms with Gasteiger partial charge in [0.2, 0.25) is 0 Å². The zero-order valence-electron chi connectivity index (χ0n) is 14.5. The number of nitrogens with two attached hydrogens (primary N) is 1. The average molecular weight is 327 g/mol. The van der Waals surface area contributed by atoms with Crippen LogP contribution in [0, 0.1) is 0 Å². The molecule has 0 saturated carbocycles. The Hall–Kier alpha value is -2.33. The molecule has 0 aromatic heterocycles. The van der Waals surface area contributed by atoms with Gasteiger partial charge in [0.15, 0.2) is 0 Å². The first-order valence-electron chi connectivity index (χ1n) is 8.08. The van der Waals surface area contributed by atoms with Crippen molar-refractivity contribution < 1.29 is 14.6 Å². The van der Waals surface area contributed by atoms with Crippen molar-refractivity contribution in [3.63, 3.8) is 0 Å². The lowest BCUT2D eigenvalue weighted by molar-refractivity contribution is -0.156. The smallest absolute Gasteiger partial charge is 0.323 e. The van der Waals surface area contributed by atoms with Crippen LogP contribution < -0.4 is 5.73 Å². The van der Waals surface area contributed by atoms with E-state index in [1.807, 2.05) is 57.2 Å². The molecular formula is C20H25NO3. The van der Waals surface area contributed by atoms with Crippen molar-refractivity contribution >= 4 is 5.97 Å². The molecule has 0 saturated heterocycles. The summed E-state index contributed by atoms with van der Waals surface area (Å²) in [4.78, 5) is 12.1. The number of rotatable bonds is 5. The second kappa shape index (κ2) is 7.49. The Morgan fingerprint density at radius 2 is 1.79 bits per heavy atom. The molecule has 0 spiro atoms. The van der Waals surface area contributed by atoms with Crippen LogP contribution in [0.5, 0.6) is 5.75 Å². The lowest BCUT2D eigenvalue weighted by atomic mass is 9.95. The SMILES string of the molecule is CC(C)(C)OC(=O)[C@@H](N)Cc1ccc(O)cc1Cc1ccccc1. The van der Waals surface area contributed by atoms with E-state index in [0.717, 1.165) is 16.7 Å². The van der Waals surface area contributed by atoms with Gasteiger partial charge < -0.3 is 15.6 Å². The van der Waals surface area contributed by atoms with Crippen LogP contribution in [0.1, 0.15) is 37.5 Å². The summed E-state index contributed by atoms with van der Waals surface area (Å²) in [5.74, 6) is -0.211. The van der Waals surface area contributed by atoms with Gasteiger partial charge in [-0.05, 0) is 62.4 Å². The van der Waals surface area contributed by atoms with E-state index in [0.29, 0.717) is 12.8 Å². The van der Waals surface area contributed by atoms with Crippen LogP contribution in [0.25, 0.3) is 0 Å². The molecule has 1 atom stereocenters. The standard InChI is InChI=1S/C20H25NO3/c1-20(2,3)24-19(23)18(21)13-15-9-10-17(22)12-16(15)11-14-7-5-4-6-8-14/h4-10,12,18,22H,11,13,21H2,1-3H3/t18-/m0/s1. The lowest BCUT2D eigenvalue weighted by Crippen LogP contribution is -2.39. The average Bonchev–Trinajstić information content (AvgIpc) is 2.49. The third-order valence-corrected chi connectivity index (χ3v) is 3.58. The van der Waals surface area contributed by atoms with Gasteiger partial charge in [0.1, 0.15) is 17.4 Å². The topological polar surface area (TPSA) is 72.5 Å². The summed E-state index contributed by atoms with van der Waals surface area (Å²) in [6, 6.07) is 14.4. The Bertz CT molecular complexity index is 690. The highest BCUT2D eigenvalue weighted by Gasteiger charge is 2.23. The number of phenolic OH excluding ortho intramolecular Hbond substituents is 1. The number of benzene rings is 2. The van der Waals surface area contributed by atoms with E-state index in [1.165, 1.54) is 0 Å². The Morgan fingerprint density at radius 3 is 2.42 bits per heavy atom. The molecule has 0 aliphatic heterocycles. The first kappa shape index (κ1) is 18.0. The minimum Gasteiger partial charge on any atom is -0.508 e. The van der Waals surface area contributed by atoms with Crippen LogP contribution >= 0.6 is 0 Å². The molecular weight excluding hydrogens is 302 g/mol. The van der Waals surface area contributed by atoms with Crippen molar-refractivity contribution in [1.82, 2.24) is 0 Å². The van der Waals surface area contributed by atoms with Crippen LogP contribution in [-0.4, -0.2) is 22.7 Å². The molecule has 0 fully saturated rings. The van der Waals surface area contributed by atoms with E-state index >= 15 is 0 Å². The summed E-state index contributed by atoms with van der Waals surface area (Å²) in [7, 11) is 0. The summed E-state index contributed by atoms with van der Waals surface area (Å²) < 4.78 is 5.34. The van der Waals surface area contributed by atoms with Gasteiger partial charge in [-0.1, -0.05) is 36.4 Å². The maximum atomic E-state index is 12.1. The summed E-state index contributed by atoms with van der Waals surface area (Å²) >= 11 is 0. The highest BCUT2D eigenvalue weighted by molar-refractivity contribution is 5.76. The second-order valence-electron chi connectivity index (χ2n) is 6.96. The van der Waals surface area contributed by atoms with Gasteiger partial charge in [-0.15, -0.1) is 0 Å². The fraction of sp³-hybridized carbons (Fsp3) is 0.350. The number of hydrogen-bond acceptors (Lipinski definition) is 4. The summed E-state index contributed by atoms with van der Waals surface area (Å²) in [6.07, 6.45) is 1.04. The predicted molar refractivity (Wildman–Crippen MR) is 94.9 cm³/mol. The quantitative estimate of drug-likeness (QED) is 0.827. The molecule has 0 heterocycles. The van der Waals surface area contributed by atoms with Gasteiger partial charge in [-0.3, -0.25) is 4.79 Å². The van der Waals surface area contributed by atoms with E-state index in [2.05, 4.69) is 0 Å². The van der Waals surface area contributed by atoms with Crippen LogP contribution in [0.3, 0.4) is 0 Å². The molecule has 128 valence electrons. The number of ether oxygens (including phenoxy) is 1. The van der Waals surface area contributed by atoms with Crippen molar-refractivity contribution in [2.45, 2.75) is 45.3 Å². The molecule has 0 amide bonds. The van der Waals surface area contributed by atoms with Crippen LogP contribution in [0.15, 0.2) is 48.5 Å². The first-order valence-corrected chi connectivity index (χ1v) is 8.08. The van der Waals surface area contributed by atoms with Crippen molar-refractivity contribution in [2.75, 3.05) is 0 Å². The largest absolute Gasteiger partial charge is 0.508 e. The third kappa shape index (κ3) is 5.39. The number of esters is 1. The normalized spacial score (nSPS) is 12.7. The molecule has 3 N–H and O–H groups in total. The Labute approximate surface area is 143 Å². The Kier molecular flexibility index (Phi) is 5.62. The highest BCUT2D eigenvalue weighted by atomic mass is 16.6. The zero-order chi connectivity index (χ0) is 17.7. The van der Waals surface area contributed by atoms with Crippen molar-refractivity contribution in [3.05, 3.63) is 65.2 Å².